The molecule has 0 bridgehead atoms. The number of carbonyl (C=O) groups excluding carboxylic acids is 1. The average Bonchev–Trinajstić information content (AvgIpc) is 3.51. The largest absolute Gasteiger partial charge is 0.461 e. The molecule has 5 rings (SSSR count). The minimum Gasteiger partial charge on any atom is -0.461 e. The lowest BCUT2D eigenvalue weighted by atomic mass is 9.98. The summed E-state index contributed by atoms with van der Waals surface area (Å²) in [5.74, 6) is -0.143. The molecule has 4 heterocycles. The van der Waals surface area contributed by atoms with Crippen molar-refractivity contribution in [1.29, 1.82) is 0 Å². The average molecular weight is 568 g/mol. The van der Waals surface area contributed by atoms with E-state index in [4.69, 9.17) is 10.5 Å². The third kappa shape index (κ3) is 6.85. The van der Waals surface area contributed by atoms with Gasteiger partial charge in [0.15, 0.2) is 0 Å². The van der Waals surface area contributed by atoms with E-state index in [0.29, 0.717) is 47.4 Å². The third-order valence-corrected chi connectivity index (χ3v) is 9.13. The van der Waals surface area contributed by atoms with Crippen LogP contribution in [0, 0.1) is 5.92 Å². The van der Waals surface area contributed by atoms with Gasteiger partial charge in [0.2, 0.25) is 10.0 Å². The number of esters is 1. The van der Waals surface area contributed by atoms with E-state index in [0.717, 1.165) is 36.2 Å². The predicted octanol–water partition coefficient (Wildman–Crippen LogP) is 4.05. The Morgan fingerprint density at radius 1 is 1.15 bits per heavy atom. The summed E-state index contributed by atoms with van der Waals surface area (Å²) in [6, 6.07) is 16.4. The molecule has 0 unspecified atom stereocenters. The summed E-state index contributed by atoms with van der Waals surface area (Å²) in [4.78, 5) is 21.1. The second-order valence-electron chi connectivity index (χ2n) is 10.0. The molecule has 0 aliphatic carbocycles. The Hall–Kier alpha value is -3.25. The molecule has 4 aromatic rings. The molecule has 1 saturated heterocycles. The first-order chi connectivity index (χ1) is 18.8. The molecule has 1 fully saturated rings. The van der Waals surface area contributed by atoms with E-state index in [2.05, 4.69) is 21.7 Å². The number of nitrogens with zero attached hydrogens (tertiary/aromatic N) is 3. The molecular weight excluding hydrogens is 534 g/mol. The number of aromatic nitrogens is 2. The Bertz CT molecular complexity index is 1540. The molecule has 3 N–H and O–H groups in total. The molecule has 1 aliphatic heterocycles. The molecule has 11 heteroatoms. The number of ether oxygens (including phenoxy) is 1. The highest BCUT2D eigenvalue weighted by molar-refractivity contribution is 7.91. The normalized spacial score (nSPS) is 15.0. The van der Waals surface area contributed by atoms with Gasteiger partial charge in [-0.1, -0.05) is 30.3 Å². The standard InChI is InChI=1S/C28H33N5O4S2/c1-32-11-9-20(10-12-32)17-37-28(34)26-13-22-7-8-23(15-29)30-27(22)33(26)16-25-14-24(18-38-25)31-39(35,36)19-21-5-3-2-4-6-21/h2-8,13-14,18,20,31H,9-12,15-17,19,29H2,1H3. The highest BCUT2D eigenvalue weighted by atomic mass is 32.2. The number of thiophene rings is 1. The number of nitrogens with two attached hydrogens (primary N) is 1. The van der Waals surface area contributed by atoms with E-state index in [1.165, 1.54) is 11.3 Å². The van der Waals surface area contributed by atoms with Crippen LogP contribution in [0.4, 0.5) is 5.69 Å². The first-order valence-corrected chi connectivity index (χ1v) is 15.5. The van der Waals surface area contributed by atoms with E-state index in [9.17, 15) is 13.2 Å². The fourth-order valence-electron chi connectivity index (χ4n) is 4.79. The zero-order valence-electron chi connectivity index (χ0n) is 21.9. The van der Waals surface area contributed by atoms with Gasteiger partial charge in [0.05, 0.1) is 30.3 Å². The number of carbonyl (C=O) groups is 1. The molecule has 9 nitrogen and oxygen atoms in total. The van der Waals surface area contributed by atoms with Crippen LogP contribution in [0.3, 0.4) is 0 Å². The summed E-state index contributed by atoms with van der Waals surface area (Å²) in [5.41, 5.74) is 8.81. The van der Waals surface area contributed by atoms with Gasteiger partial charge in [-0.15, -0.1) is 11.3 Å². The maximum atomic E-state index is 13.3. The molecule has 206 valence electrons. The minimum atomic E-state index is -3.58. The van der Waals surface area contributed by atoms with Crippen molar-refractivity contribution in [1.82, 2.24) is 14.5 Å². The number of benzene rings is 1. The van der Waals surface area contributed by atoms with Crippen molar-refractivity contribution in [2.24, 2.45) is 11.7 Å². The number of sulfonamides is 1. The second kappa shape index (κ2) is 11.9. The number of fused-ring (bicyclic) bond motifs is 1. The number of hydrogen-bond acceptors (Lipinski definition) is 8. The van der Waals surface area contributed by atoms with Gasteiger partial charge in [-0.3, -0.25) is 4.72 Å². The van der Waals surface area contributed by atoms with E-state index in [-0.39, 0.29) is 18.3 Å². The summed E-state index contributed by atoms with van der Waals surface area (Å²) < 4.78 is 35.7. The van der Waals surface area contributed by atoms with Gasteiger partial charge in [-0.25, -0.2) is 18.2 Å². The smallest absolute Gasteiger partial charge is 0.355 e. The number of pyridine rings is 1. The van der Waals surface area contributed by atoms with Crippen LogP contribution in [0.25, 0.3) is 11.0 Å². The van der Waals surface area contributed by atoms with Crippen molar-refractivity contribution in [2.75, 3.05) is 31.5 Å². The minimum absolute atomic E-state index is 0.111. The monoisotopic (exact) mass is 567 g/mol. The molecule has 1 aliphatic rings. The number of likely N-dealkylation sites (tertiary alicyclic amines) is 1. The maximum absolute atomic E-state index is 13.3. The Balaban J connectivity index is 1.35. The molecule has 0 spiro atoms. The fraction of sp³-hybridized carbons (Fsp3) is 0.357. The van der Waals surface area contributed by atoms with Gasteiger partial charge < -0.3 is 19.9 Å². The van der Waals surface area contributed by atoms with Crippen LogP contribution in [0.15, 0.2) is 60.0 Å². The van der Waals surface area contributed by atoms with E-state index in [1.807, 2.05) is 34.9 Å². The molecule has 0 amide bonds. The van der Waals surface area contributed by atoms with Gasteiger partial charge in [0, 0.05) is 22.2 Å². The Morgan fingerprint density at radius 2 is 1.92 bits per heavy atom. The molecule has 3 aromatic heterocycles. The Kier molecular flexibility index (Phi) is 8.31. The van der Waals surface area contributed by atoms with Crippen LogP contribution < -0.4 is 10.5 Å². The third-order valence-electron chi connectivity index (χ3n) is 6.95. The second-order valence-corrected chi connectivity index (χ2v) is 12.7. The first-order valence-electron chi connectivity index (χ1n) is 13.0. The van der Waals surface area contributed by atoms with E-state index >= 15 is 0 Å². The SMILES string of the molecule is CN1CCC(COC(=O)c2cc3ccc(CN)nc3n2Cc2cc(NS(=O)(=O)Cc3ccccc3)cs2)CC1. The summed E-state index contributed by atoms with van der Waals surface area (Å²) in [6.45, 7) is 3.02. The van der Waals surface area contributed by atoms with Gasteiger partial charge >= 0.3 is 5.97 Å². The van der Waals surface area contributed by atoms with Crippen LogP contribution >= 0.6 is 11.3 Å². The van der Waals surface area contributed by atoms with Crippen LogP contribution in [0.2, 0.25) is 0 Å². The topological polar surface area (TPSA) is 120 Å². The Labute approximate surface area is 232 Å². The van der Waals surface area contributed by atoms with Crippen molar-refractivity contribution in [3.8, 4) is 0 Å². The summed E-state index contributed by atoms with van der Waals surface area (Å²) in [7, 11) is -1.47. The summed E-state index contributed by atoms with van der Waals surface area (Å²) in [6.07, 6.45) is 2.01. The molecule has 1 aromatic carbocycles. The van der Waals surface area contributed by atoms with Crippen molar-refractivity contribution < 1.29 is 17.9 Å². The van der Waals surface area contributed by atoms with Gasteiger partial charge in [0.1, 0.15) is 11.3 Å². The molecule has 0 atom stereocenters. The lowest BCUT2D eigenvalue weighted by Gasteiger charge is -2.28. The number of nitrogens with one attached hydrogen (secondary N) is 1. The summed E-state index contributed by atoms with van der Waals surface area (Å²) >= 11 is 1.41. The lowest BCUT2D eigenvalue weighted by Crippen LogP contribution is -2.32. The van der Waals surface area contributed by atoms with Gasteiger partial charge in [0.25, 0.3) is 0 Å². The zero-order valence-corrected chi connectivity index (χ0v) is 23.5. The van der Waals surface area contributed by atoms with Crippen molar-refractivity contribution >= 4 is 44.1 Å². The number of anilines is 1. The molecule has 0 saturated carbocycles. The van der Waals surface area contributed by atoms with Crippen molar-refractivity contribution in [3.05, 3.63) is 81.8 Å². The number of piperidine rings is 1. The van der Waals surface area contributed by atoms with Crippen molar-refractivity contribution in [3.63, 3.8) is 0 Å². The fourth-order valence-corrected chi connectivity index (χ4v) is 6.85. The quantitative estimate of drug-likeness (QED) is 0.278. The van der Waals surface area contributed by atoms with Gasteiger partial charge in [-0.2, -0.15) is 0 Å². The summed E-state index contributed by atoms with van der Waals surface area (Å²) in [5, 5.41) is 2.58. The molecule has 0 radical (unpaired) electrons. The van der Waals surface area contributed by atoms with Crippen LogP contribution in [-0.4, -0.2) is 55.6 Å². The molecular formula is C28H33N5O4S2. The van der Waals surface area contributed by atoms with Crippen LogP contribution in [0.5, 0.6) is 0 Å². The number of rotatable bonds is 10. The Morgan fingerprint density at radius 3 is 2.67 bits per heavy atom. The van der Waals surface area contributed by atoms with Crippen molar-refractivity contribution in [2.45, 2.75) is 31.7 Å². The van der Waals surface area contributed by atoms with Gasteiger partial charge in [-0.05, 0) is 68.7 Å². The highest BCUT2D eigenvalue weighted by Crippen LogP contribution is 2.27. The maximum Gasteiger partial charge on any atom is 0.355 e. The zero-order chi connectivity index (χ0) is 27.4. The van der Waals surface area contributed by atoms with Crippen LogP contribution in [-0.2, 0) is 33.6 Å². The molecule has 39 heavy (non-hydrogen) atoms. The predicted molar refractivity (Wildman–Crippen MR) is 154 cm³/mol. The first kappa shape index (κ1) is 27.3. The van der Waals surface area contributed by atoms with E-state index in [1.54, 1.807) is 29.6 Å². The highest BCUT2D eigenvalue weighted by Gasteiger charge is 2.23. The van der Waals surface area contributed by atoms with E-state index < -0.39 is 10.0 Å². The number of hydrogen-bond donors (Lipinski definition) is 2. The van der Waals surface area contributed by atoms with Crippen LogP contribution in [0.1, 0.15) is 39.5 Å². The lowest BCUT2D eigenvalue weighted by molar-refractivity contribution is 0.0373.